The third-order valence-corrected chi connectivity index (χ3v) is 6.08. The van der Waals surface area contributed by atoms with E-state index in [2.05, 4.69) is 10.6 Å². The van der Waals surface area contributed by atoms with Crippen LogP contribution in [0.15, 0.2) is 71.4 Å². The van der Waals surface area contributed by atoms with Crippen LogP contribution in [0.4, 0.5) is 17.1 Å². The molecule has 0 aliphatic carbocycles. The molecule has 2 N–H and O–H groups in total. The van der Waals surface area contributed by atoms with Gasteiger partial charge >= 0.3 is 0 Å². The number of ether oxygens (including phenoxy) is 1. The summed E-state index contributed by atoms with van der Waals surface area (Å²) in [4.78, 5) is 39.4. The van der Waals surface area contributed by atoms with E-state index in [0.29, 0.717) is 27.0 Å². The smallest absolute Gasteiger partial charge is 0.283 e. The average molecular weight is 531 g/mol. The molecule has 0 radical (unpaired) electrons. The van der Waals surface area contributed by atoms with Crippen molar-refractivity contribution in [2.45, 2.75) is 6.92 Å². The number of hydrogen-bond acceptors (Lipinski definition) is 5. The third kappa shape index (κ3) is 4.98. The maximum Gasteiger partial charge on any atom is 0.283 e. The van der Waals surface area contributed by atoms with E-state index in [1.807, 2.05) is 6.92 Å². The number of imide groups is 1. The van der Waals surface area contributed by atoms with Crippen molar-refractivity contribution in [3.63, 3.8) is 0 Å². The molecule has 0 aromatic heterocycles. The number of anilines is 3. The summed E-state index contributed by atoms with van der Waals surface area (Å²) >= 11 is 18.2. The van der Waals surface area contributed by atoms with Gasteiger partial charge in [0, 0.05) is 27.0 Å². The van der Waals surface area contributed by atoms with Crippen molar-refractivity contribution in [2.75, 3.05) is 22.6 Å². The molecule has 0 saturated carbocycles. The number of amides is 3. The molecule has 35 heavy (non-hydrogen) atoms. The van der Waals surface area contributed by atoms with Crippen LogP contribution >= 0.6 is 34.8 Å². The van der Waals surface area contributed by atoms with Crippen molar-refractivity contribution in [1.29, 1.82) is 0 Å². The zero-order valence-corrected chi connectivity index (χ0v) is 20.8. The summed E-state index contributed by atoms with van der Waals surface area (Å²) in [5, 5.41) is 6.32. The normalized spacial score (nSPS) is 13.3. The molecule has 1 aliphatic rings. The Morgan fingerprint density at radius 1 is 0.886 bits per heavy atom. The highest BCUT2D eigenvalue weighted by Crippen LogP contribution is 2.37. The van der Waals surface area contributed by atoms with Crippen molar-refractivity contribution in [1.82, 2.24) is 0 Å². The summed E-state index contributed by atoms with van der Waals surface area (Å²) in [6.07, 6.45) is 0. The van der Waals surface area contributed by atoms with Gasteiger partial charge in [-0.3, -0.25) is 14.4 Å². The minimum Gasteiger partial charge on any atom is -0.495 e. The van der Waals surface area contributed by atoms with Crippen LogP contribution in [-0.2, 0) is 9.59 Å². The molecule has 10 heteroatoms. The van der Waals surface area contributed by atoms with Crippen molar-refractivity contribution in [3.05, 3.63) is 92.6 Å². The molecule has 3 aromatic rings. The van der Waals surface area contributed by atoms with Crippen LogP contribution in [-0.4, -0.2) is 24.8 Å². The van der Waals surface area contributed by atoms with Crippen LogP contribution in [0.25, 0.3) is 0 Å². The van der Waals surface area contributed by atoms with Crippen molar-refractivity contribution >= 4 is 69.6 Å². The fourth-order valence-corrected chi connectivity index (χ4v) is 4.08. The molecule has 0 fully saturated rings. The number of carbonyl (C=O) groups excluding carboxylic acids is 3. The molecule has 7 nitrogen and oxygen atoms in total. The van der Waals surface area contributed by atoms with Crippen LogP contribution < -0.4 is 20.3 Å². The first-order chi connectivity index (χ1) is 16.7. The van der Waals surface area contributed by atoms with Gasteiger partial charge < -0.3 is 15.4 Å². The number of carbonyl (C=O) groups is 3. The van der Waals surface area contributed by atoms with E-state index in [1.54, 1.807) is 54.6 Å². The fraction of sp³-hybridized carbons (Fsp3) is 0.0800. The van der Waals surface area contributed by atoms with Crippen LogP contribution in [0.3, 0.4) is 0 Å². The van der Waals surface area contributed by atoms with Gasteiger partial charge in [0.1, 0.15) is 16.5 Å². The van der Waals surface area contributed by atoms with E-state index in [1.165, 1.54) is 13.2 Å². The molecule has 1 heterocycles. The minimum atomic E-state index is -0.714. The van der Waals surface area contributed by atoms with E-state index in [-0.39, 0.29) is 28.1 Å². The standard InChI is InChI=1S/C25H18Cl3N3O4/c1-13-11-15(26)5-9-18(13)30-23(32)14-3-7-17(8-4-14)29-22-21(28)24(33)31(25(22)34)19-12-16(27)6-10-20(19)35-2/h3-12,29H,1-2H3,(H,30,32). The summed E-state index contributed by atoms with van der Waals surface area (Å²) in [6, 6.07) is 16.1. The van der Waals surface area contributed by atoms with Gasteiger partial charge in [0.2, 0.25) is 0 Å². The summed E-state index contributed by atoms with van der Waals surface area (Å²) in [6.45, 7) is 1.84. The molecule has 0 unspecified atom stereocenters. The monoisotopic (exact) mass is 529 g/mol. The van der Waals surface area contributed by atoms with E-state index >= 15 is 0 Å². The first kappa shape index (κ1) is 24.6. The van der Waals surface area contributed by atoms with Gasteiger partial charge in [-0.1, -0.05) is 34.8 Å². The molecule has 0 atom stereocenters. The molecule has 1 aliphatic heterocycles. The highest BCUT2D eigenvalue weighted by molar-refractivity contribution is 6.53. The molecule has 0 bridgehead atoms. The topological polar surface area (TPSA) is 87.7 Å². The number of hydrogen-bond donors (Lipinski definition) is 2. The van der Waals surface area contributed by atoms with Gasteiger partial charge in [-0.25, -0.2) is 4.90 Å². The Bertz CT molecular complexity index is 1390. The van der Waals surface area contributed by atoms with E-state index in [0.717, 1.165) is 10.5 Å². The summed E-state index contributed by atoms with van der Waals surface area (Å²) in [7, 11) is 1.41. The lowest BCUT2D eigenvalue weighted by Crippen LogP contribution is -2.32. The number of nitrogens with one attached hydrogen (secondary N) is 2. The molecule has 178 valence electrons. The Balaban J connectivity index is 1.51. The first-order valence-corrected chi connectivity index (χ1v) is 11.4. The number of methoxy groups -OCH3 is 1. The van der Waals surface area contributed by atoms with Gasteiger partial charge in [-0.15, -0.1) is 0 Å². The Morgan fingerprint density at radius 2 is 1.54 bits per heavy atom. The SMILES string of the molecule is COc1ccc(Cl)cc1N1C(=O)C(Cl)=C(Nc2ccc(C(=O)Nc3ccc(Cl)cc3C)cc2)C1=O. The number of nitrogens with zero attached hydrogens (tertiary/aromatic N) is 1. The number of halogens is 3. The highest BCUT2D eigenvalue weighted by Gasteiger charge is 2.40. The van der Waals surface area contributed by atoms with Crippen molar-refractivity contribution < 1.29 is 19.1 Å². The second-order valence-corrected chi connectivity index (χ2v) is 8.82. The Morgan fingerprint density at radius 3 is 2.20 bits per heavy atom. The predicted octanol–water partition coefficient (Wildman–Crippen LogP) is 6.00. The highest BCUT2D eigenvalue weighted by atomic mass is 35.5. The van der Waals surface area contributed by atoms with Gasteiger partial charge in [-0.05, 0) is 73.2 Å². The minimum absolute atomic E-state index is 0.104. The van der Waals surface area contributed by atoms with Crippen molar-refractivity contribution in [3.8, 4) is 5.75 Å². The first-order valence-electron chi connectivity index (χ1n) is 10.3. The lowest BCUT2D eigenvalue weighted by atomic mass is 10.1. The third-order valence-electron chi connectivity index (χ3n) is 5.26. The summed E-state index contributed by atoms with van der Waals surface area (Å²) in [5.74, 6) is -1.41. The van der Waals surface area contributed by atoms with Gasteiger partial charge in [0.15, 0.2) is 0 Å². The summed E-state index contributed by atoms with van der Waals surface area (Å²) in [5.41, 5.74) is 2.39. The Kier molecular flexibility index (Phi) is 7.03. The quantitative estimate of drug-likeness (QED) is 0.382. The molecular weight excluding hydrogens is 513 g/mol. The lowest BCUT2D eigenvalue weighted by molar-refractivity contribution is -0.120. The van der Waals surface area contributed by atoms with Gasteiger partial charge in [0.05, 0.1) is 12.8 Å². The predicted molar refractivity (Wildman–Crippen MR) is 138 cm³/mol. The van der Waals surface area contributed by atoms with Gasteiger partial charge in [-0.2, -0.15) is 0 Å². The molecule has 0 spiro atoms. The van der Waals surface area contributed by atoms with E-state index < -0.39 is 11.8 Å². The maximum atomic E-state index is 13.1. The van der Waals surface area contributed by atoms with Crippen LogP contribution in [0.2, 0.25) is 10.0 Å². The number of rotatable bonds is 6. The second-order valence-electron chi connectivity index (χ2n) is 7.57. The molecule has 3 aromatic carbocycles. The number of aryl methyl sites for hydroxylation is 1. The molecule has 4 rings (SSSR count). The van der Waals surface area contributed by atoms with E-state index in [9.17, 15) is 14.4 Å². The van der Waals surface area contributed by atoms with Crippen molar-refractivity contribution in [2.24, 2.45) is 0 Å². The molecular formula is C25H18Cl3N3O4. The fourth-order valence-electron chi connectivity index (χ4n) is 3.48. The molecule has 0 saturated heterocycles. The molecule has 3 amide bonds. The van der Waals surface area contributed by atoms with Crippen LogP contribution in [0, 0.1) is 6.92 Å². The largest absolute Gasteiger partial charge is 0.495 e. The number of benzene rings is 3. The Labute approximate surface area is 216 Å². The van der Waals surface area contributed by atoms with Gasteiger partial charge in [0.25, 0.3) is 17.7 Å². The summed E-state index contributed by atoms with van der Waals surface area (Å²) < 4.78 is 5.26. The zero-order chi connectivity index (χ0) is 25.3. The average Bonchev–Trinajstić information content (AvgIpc) is 3.04. The second kappa shape index (κ2) is 10.00. The van der Waals surface area contributed by atoms with E-state index in [4.69, 9.17) is 39.5 Å². The van der Waals surface area contributed by atoms with Crippen LogP contribution in [0.5, 0.6) is 5.75 Å². The van der Waals surface area contributed by atoms with Crippen LogP contribution in [0.1, 0.15) is 15.9 Å². The maximum absolute atomic E-state index is 13.1. The zero-order valence-electron chi connectivity index (χ0n) is 18.5. The lowest BCUT2D eigenvalue weighted by Gasteiger charge is -2.18. The Hall–Kier alpha value is -3.52.